The first kappa shape index (κ1) is 24.8. The molecule has 0 radical (unpaired) electrons. The Morgan fingerprint density at radius 1 is 0.795 bits per heavy atom. The summed E-state index contributed by atoms with van der Waals surface area (Å²) >= 11 is 0. The molecule has 0 aliphatic carbocycles. The zero-order valence-corrected chi connectivity index (χ0v) is 22.1. The fraction of sp³-hybridized carbons (Fsp3) is 0.214. The molecule has 3 aromatic carbocycles. The number of rotatable bonds is 4. The van der Waals surface area contributed by atoms with Gasteiger partial charge in [0.25, 0.3) is 11.8 Å². The lowest BCUT2D eigenvalue weighted by Crippen LogP contribution is -2.24. The third-order valence-electron chi connectivity index (χ3n) is 6.78. The number of hydrogen-bond donors (Lipinski definition) is 3. The fourth-order valence-corrected chi connectivity index (χ4v) is 5.75. The number of hydrogen-bond acceptors (Lipinski definition) is 6. The van der Waals surface area contributed by atoms with Gasteiger partial charge in [0.15, 0.2) is 5.16 Å². The molecule has 1 atom stereocenters. The van der Waals surface area contributed by atoms with E-state index in [9.17, 15) is 13.8 Å². The smallest absolute Gasteiger partial charge is 0.253 e. The summed E-state index contributed by atoms with van der Waals surface area (Å²) in [5.41, 5.74) is 5.76. The highest BCUT2D eigenvalue weighted by atomic mass is 32.2. The topological polar surface area (TPSA) is 123 Å². The van der Waals surface area contributed by atoms with Crippen LogP contribution in [0.3, 0.4) is 0 Å². The van der Waals surface area contributed by atoms with Crippen molar-refractivity contribution in [2.75, 3.05) is 24.7 Å². The largest absolute Gasteiger partial charge is 0.352 e. The molecule has 7 rings (SSSR count). The van der Waals surface area contributed by atoms with Crippen LogP contribution in [0.2, 0.25) is 0 Å². The van der Waals surface area contributed by atoms with Crippen LogP contribution in [0.15, 0.2) is 71.9 Å². The molecule has 4 heterocycles. The maximum Gasteiger partial charge on any atom is 0.253 e. The fourth-order valence-electron chi connectivity index (χ4n) is 5.03. The standard InChI is InChI=1S/C17H16N4O.C11H11N3O2S/c22-16-13-7-4-8-14-15(13)21(10-9-18-16)17(20-14)19-11-12-5-2-1-3-6-12;1-17(16)11-13-8-4-2-3-7-9(8)14(11)6-5-12-10(7)15/h1-8H,9-11H2,(H,18,22)(H,19,20);2-4H,5-6H2,1H3,(H,12,15). The summed E-state index contributed by atoms with van der Waals surface area (Å²) in [5, 5.41) is 9.66. The number of nitrogens with one attached hydrogen (secondary N) is 3. The highest BCUT2D eigenvalue weighted by Gasteiger charge is 2.22. The summed E-state index contributed by atoms with van der Waals surface area (Å²) in [7, 11) is -1.15. The molecule has 2 amide bonds. The van der Waals surface area contributed by atoms with Crippen molar-refractivity contribution in [3.05, 3.63) is 83.4 Å². The summed E-state index contributed by atoms with van der Waals surface area (Å²) in [5.74, 6) is 0.685. The van der Waals surface area contributed by atoms with Crippen LogP contribution in [0.1, 0.15) is 26.3 Å². The molecular formula is C28H27N7O3S. The minimum atomic E-state index is -1.15. The average Bonchev–Trinajstić information content (AvgIpc) is 3.38. The molecule has 39 heavy (non-hydrogen) atoms. The SMILES string of the molecule is CS(=O)c1nc2cccc3c2n1CCNC3=O.O=C1NCCn2c(NCc3ccccc3)nc3cccc1c32. The highest BCUT2D eigenvalue weighted by Crippen LogP contribution is 2.26. The Bertz CT molecular complexity index is 1740. The van der Waals surface area contributed by atoms with Crippen molar-refractivity contribution in [3.8, 4) is 0 Å². The summed E-state index contributed by atoms with van der Waals surface area (Å²) in [6.07, 6.45) is 1.60. The maximum atomic E-state index is 12.1. The van der Waals surface area contributed by atoms with E-state index in [4.69, 9.17) is 0 Å². The number of carbonyl (C=O) groups excluding carboxylic acids is 2. The number of nitrogens with zero attached hydrogens (tertiary/aromatic N) is 4. The quantitative estimate of drug-likeness (QED) is 0.322. The van der Waals surface area contributed by atoms with Gasteiger partial charge in [0.1, 0.15) is 0 Å². The number of carbonyl (C=O) groups is 2. The first-order chi connectivity index (χ1) is 19.0. The lowest BCUT2D eigenvalue weighted by atomic mass is 10.2. The van der Waals surface area contributed by atoms with Gasteiger partial charge in [-0.1, -0.05) is 42.5 Å². The molecule has 5 aromatic rings. The molecule has 3 N–H and O–H groups in total. The van der Waals surface area contributed by atoms with Crippen molar-refractivity contribution in [3.63, 3.8) is 0 Å². The predicted molar refractivity (Wildman–Crippen MR) is 150 cm³/mol. The van der Waals surface area contributed by atoms with E-state index in [1.165, 1.54) is 5.56 Å². The number of imidazole rings is 2. The highest BCUT2D eigenvalue weighted by molar-refractivity contribution is 7.84. The minimum absolute atomic E-state index is 0.0288. The van der Waals surface area contributed by atoms with E-state index < -0.39 is 10.8 Å². The predicted octanol–water partition coefficient (Wildman–Crippen LogP) is 2.91. The first-order valence-electron chi connectivity index (χ1n) is 12.7. The third-order valence-corrected chi connectivity index (χ3v) is 7.61. The molecule has 2 aliphatic heterocycles. The average molecular weight is 542 g/mol. The van der Waals surface area contributed by atoms with E-state index in [-0.39, 0.29) is 11.8 Å². The number of aromatic nitrogens is 4. The van der Waals surface area contributed by atoms with Crippen LogP contribution in [0, 0.1) is 0 Å². The Labute approximate surface area is 226 Å². The summed E-state index contributed by atoms with van der Waals surface area (Å²) in [6, 6.07) is 21.3. The van der Waals surface area contributed by atoms with Gasteiger partial charge in [0.2, 0.25) is 5.95 Å². The molecular weight excluding hydrogens is 514 g/mol. The molecule has 198 valence electrons. The van der Waals surface area contributed by atoms with E-state index in [0.29, 0.717) is 42.5 Å². The Hall–Kier alpha value is -4.51. The van der Waals surface area contributed by atoms with Crippen molar-refractivity contribution in [2.24, 2.45) is 0 Å². The second-order valence-electron chi connectivity index (χ2n) is 9.28. The number of benzene rings is 3. The van der Waals surface area contributed by atoms with E-state index in [2.05, 4.69) is 42.6 Å². The Morgan fingerprint density at radius 3 is 2.03 bits per heavy atom. The zero-order valence-electron chi connectivity index (χ0n) is 21.3. The second kappa shape index (κ2) is 10.3. The molecule has 10 nitrogen and oxygen atoms in total. The lowest BCUT2D eigenvalue weighted by molar-refractivity contribution is 0.0948. The van der Waals surface area contributed by atoms with E-state index in [1.54, 1.807) is 18.4 Å². The van der Waals surface area contributed by atoms with Crippen LogP contribution in [0.5, 0.6) is 0 Å². The Balaban J connectivity index is 0.000000147. The Kier molecular flexibility index (Phi) is 6.57. The van der Waals surface area contributed by atoms with E-state index in [1.807, 2.05) is 47.0 Å². The van der Waals surface area contributed by atoms with E-state index in [0.717, 1.165) is 34.6 Å². The molecule has 2 aliphatic rings. The van der Waals surface area contributed by atoms with Crippen LogP contribution < -0.4 is 16.0 Å². The molecule has 0 bridgehead atoms. The molecule has 0 saturated carbocycles. The minimum Gasteiger partial charge on any atom is -0.352 e. The first-order valence-corrected chi connectivity index (χ1v) is 14.2. The van der Waals surface area contributed by atoms with E-state index >= 15 is 0 Å². The number of anilines is 1. The van der Waals surface area contributed by atoms with Crippen molar-refractivity contribution in [1.29, 1.82) is 0 Å². The van der Waals surface area contributed by atoms with Crippen LogP contribution in [0.4, 0.5) is 5.95 Å². The van der Waals surface area contributed by atoms with Gasteiger partial charge >= 0.3 is 0 Å². The number of para-hydroxylation sites is 2. The third kappa shape index (κ3) is 4.65. The van der Waals surface area contributed by atoms with Crippen molar-refractivity contribution >= 4 is 50.6 Å². The van der Waals surface area contributed by atoms with Gasteiger partial charge in [-0.2, -0.15) is 0 Å². The van der Waals surface area contributed by atoms with Crippen LogP contribution in [-0.4, -0.2) is 54.5 Å². The van der Waals surface area contributed by atoms with Crippen LogP contribution >= 0.6 is 0 Å². The van der Waals surface area contributed by atoms with Gasteiger partial charge in [-0.05, 0) is 29.8 Å². The van der Waals surface area contributed by atoms with Gasteiger partial charge in [0.05, 0.1) is 44.0 Å². The van der Waals surface area contributed by atoms with Crippen molar-refractivity contribution in [2.45, 2.75) is 24.8 Å². The monoisotopic (exact) mass is 541 g/mol. The van der Waals surface area contributed by atoms with Gasteiger partial charge in [-0.25, -0.2) is 9.97 Å². The molecule has 2 aromatic heterocycles. The van der Waals surface area contributed by atoms with Gasteiger partial charge in [-0.15, -0.1) is 0 Å². The molecule has 0 saturated heterocycles. The second-order valence-corrected chi connectivity index (χ2v) is 10.6. The molecule has 0 spiro atoms. The van der Waals surface area contributed by atoms with Gasteiger partial charge < -0.3 is 25.1 Å². The summed E-state index contributed by atoms with van der Waals surface area (Å²) in [4.78, 5) is 32.9. The summed E-state index contributed by atoms with van der Waals surface area (Å²) in [6.45, 7) is 3.17. The summed E-state index contributed by atoms with van der Waals surface area (Å²) < 4.78 is 15.6. The van der Waals surface area contributed by atoms with Gasteiger partial charge in [-0.3, -0.25) is 13.8 Å². The molecule has 11 heteroatoms. The van der Waals surface area contributed by atoms with Crippen molar-refractivity contribution < 1.29 is 13.8 Å². The zero-order chi connectivity index (χ0) is 26.9. The Morgan fingerprint density at radius 2 is 1.38 bits per heavy atom. The van der Waals surface area contributed by atoms with Crippen LogP contribution in [0.25, 0.3) is 22.1 Å². The lowest BCUT2D eigenvalue weighted by Gasteiger charge is -2.09. The normalized spacial score (nSPS) is 15.0. The van der Waals surface area contributed by atoms with Crippen molar-refractivity contribution in [1.82, 2.24) is 29.7 Å². The molecule has 0 fully saturated rings. The van der Waals surface area contributed by atoms with Gasteiger partial charge in [0, 0.05) is 39.0 Å². The van der Waals surface area contributed by atoms with Crippen LogP contribution in [-0.2, 0) is 30.4 Å². The number of amides is 2. The maximum absolute atomic E-state index is 12.1. The molecule has 1 unspecified atom stereocenters.